The zero-order valence-corrected chi connectivity index (χ0v) is 15.9. The molecule has 0 saturated heterocycles. The van der Waals surface area contributed by atoms with E-state index in [9.17, 15) is 0 Å². The molecule has 4 rings (SSSR count). The van der Waals surface area contributed by atoms with E-state index in [1.54, 1.807) is 7.11 Å². The number of methoxy groups -OCH3 is 1. The van der Waals surface area contributed by atoms with Gasteiger partial charge in [0.25, 0.3) is 0 Å². The topological polar surface area (TPSA) is 35.8 Å². The van der Waals surface area contributed by atoms with Gasteiger partial charge in [0.15, 0.2) is 11.5 Å². The molecule has 4 nitrogen and oxygen atoms in total. The molecule has 0 aliphatic heterocycles. The quantitative estimate of drug-likeness (QED) is 0.456. The van der Waals surface area contributed by atoms with Crippen molar-refractivity contribution in [3.8, 4) is 22.8 Å². The molecule has 0 spiro atoms. The third kappa shape index (κ3) is 3.49. The first kappa shape index (κ1) is 17.4. The summed E-state index contributed by atoms with van der Waals surface area (Å²) in [6, 6.07) is 19.5. The summed E-state index contributed by atoms with van der Waals surface area (Å²) in [5.41, 5.74) is 4.98. The molecular formula is C22H19ClN2O2. The van der Waals surface area contributed by atoms with Crippen LogP contribution in [0.2, 0.25) is 5.02 Å². The number of aromatic nitrogens is 2. The van der Waals surface area contributed by atoms with Crippen LogP contribution in [0.1, 0.15) is 11.3 Å². The fourth-order valence-electron chi connectivity index (χ4n) is 3.07. The molecule has 0 saturated carbocycles. The van der Waals surface area contributed by atoms with E-state index in [0.29, 0.717) is 23.1 Å². The lowest BCUT2D eigenvalue weighted by atomic mass is 10.1. The summed E-state index contributed by atoms with van der Waals surface area (Å²) >= 11 is 5.93. The number of hydrogen-bond donors (Lipinski definition) is 0. The van der Waals surface area contributed by atoms with Crippen LogP contribution in [0, 0.1) is 6.92 Å². The van der Waals surface area contributed by atoms with Gasteiger partial charge in [-0.1, -0.05) is 29.8 Å². The van der Waals surface area contributed by atoms with E-state index >= 15 is 0 Å². The molecule has 136 valence electrons. The summed E-state index contributed by atoms with van der Waals surface area (Å²) in [5.74, 6) is 1.37. The second-order valence-corrected chi connectivity index (χ2v) is 6.69. The van der Waals surface area contributed by atoms with E-state index in [-0.39, 0.29) is 0 Å². The lowest BCUT2D eigenvalue weighted by Crippen LogP contribution is -1.98. The molecule has 2 heterocycles. The Hall–Kier alpha value is -2.98. The molecule has 0 aliphatic rings. The van der Waals surface area contributed by atoms with Crippen molar-refractivity contribution in [2.75, 3.05) is 7.11 Å². The van der Waals surface area contributed by atoms with Crippen LogP contribution in [0.4, 0.5) is 0 Å². The van der Waals surface area contributed by atoms with Gasteiger partial charge in [-0.05, 0) is 55.0 Å². The number of nitrogens with zero attached hydrogens (tertiary/aromatic N) is 2. The maximum atomic E-state index is 5.94. The highest BCUT2D eigenvalue weighted by Gasteiger charge is 2.13. The molecule has 5 heteroatoms. The molecule has 4 aromatic rings. The Balaban J connectivity index is 1.62. The molecule has 0 bridgehead atoms. The number of imidazole rings is 1. The van der Waals surface area contributed by atoms with Gasteiger partial charge < -0.3 is 13.9 Å². The van der Waals surface area contributed by atoms with Gasteiger partial charge in [0.2, 0.25) is 0 Å². The van der Waals surface area contributed by atoms with Gasteiger partial charge in [-0.3, -0.25) is 0 Å². The predicted octanol–water partition coefficient (Wildman–Crippen LogP) is 5.55. The van der Waals surface area contributed by atoms with Crippen molar-refractivity contribution in [3.05, 3.63) is 83.1 Å². The van der Waals surface area contributed by atoms with Gasteiger partial charge >= 0.3 is 0 Å². The Labute approximate surface area is 163 Å². The Morgan fingerprint density at radius 1 is 1.00 bits per heavy atom. The number of aryl methyl sites for hydroxylation is 1. The van der Waals surface area contributed by atoms with Gasteiger partial charge in [0, 0.05) is 22.5 Å². The van der Waals surface area contributed by atoms with Crippen molar-refractivity contribution < 1.29 is 9.47 Å². The molecule has 0 atom stereocenters. The van der Waals surface area contributed by atoms with E-state index < -0.39 is 0 Å². The second kappa shape index (κ2) is 7.33. The number of rotatable bonds is 5. The van der Waals surface area contributed by atoms with E-state index in [4.69, 9.17) is 26.1 Å². The lowest BCUT2D eigenvalue weighted by molar-refractivity contribution is 0.284. The minimum atomic E-state index is 0.445. The largest absolute Gasteiger partial charge is 0.493 e. The molecule has 2 aromatic heterocycles. The highest BCUT2D eigenvalue weighted by atomic mass is 35.5. The Morgan fingerprint density at radius 2 is 1.81 bits per heavy atom. The number of pyridine rings is 1. The van der Waals surface area contributed by atoms with Crippen LogP contribution in [0.5, 0.6) is 11.5 Å². The van der Waals surface area contributed by atoms with E-state index in [1.807, 2.05) is 66.9 Å². The second-order valence-electron chi connectivity index (χ2n) is 6.26. The normalized spacial score (nSPS) is 10.9. The standard InChI is InChI=1S/C22H19ClN2O2/c1-15-22(24-21-5-3-4-12-25(15)21)17-8-11-19(20(13-17)26-2)27-14-16-6-9-18(23)10-7-16/h3-13H,14H2,1-2H3. The number of benzene rings is 2. The summed E-state index contributed by atoms with van der Waals surface area (Å²) in [6.07, 6.45) is 2.02. The van der Waals surface area contributed by atoms with Gasteiger partial charge in [-0.15, -0.1) is 0 Å². The zero-order valence-electron chi connectivity index (χ0n) is 15.1. The van der Waals surface area contributed by atoms with Crippen LogP contribution < -0.4 is 9.47 Å². The third-order valence-corrected chi connectivity index (χ3v) is 4.77. The molecular weight excluding hydrogens is 360 g/mol. The maximum Gasteiger partial charge on any atom is 0.161 e. The van der Waals surface area contributed by atoms with Gasteiger partial charge in [0.05, 0.1) is 12.8 Å². The summed E-state index contributed by atoms with van der Waals surface area (Å²) in [6.45, 7) is 2.51. The van der Waals surface area contributed by atoms with Crippen molar-refractivity contribution in [2.24, 2.45) is 0 Å². The van der Waals surface area contributed by atoms with E-state index in [0.717, 1.165) is 28.2 Å². The lowest BCUT2D eigenvalue weighted by Gasteiger charge is -2.12. The molecule has 2 aromatic carbocycles. The Morgan fingerprint density at radius 3 is 2.56 bits per heavy atom. The molecule has 0 radical (unpaired) electrons. The van der Waals surface area contributed by atoms with E-state index in [2.05, 4.69) is 11.3 Å². The fourth-order valence-corrected chi connectivity index (χ4v) is 3.19. The minimum absolute atomic E-state index is 0.445. The highest BCUT2D eigenvalue weighted by Crippen LogP contribution is 2.34. The first-order chi connectivity index (χ1) is 13.2. The number of hydrogen-bond acceptors (Lipinski definition) is 3. The number of fused-ring (bicyclic) bond motifs is 1. The van der Waals surface area contributed by atoms with Crippen LogP contribution >= 0.6 is 11.6 Å². The maximum absolute atomic E-state index is 5.94. The van der Waals surface area contributed by atoms with Crippen molar-refractivity contribution >= 4 is 17.2 Å². The Kier molecular flexibility index (Phi) is 4.73. The molecule has 0 amide bonds. The van der Waals surface area contributed by atoms with Crippen LogP contribution in [0.25, 0.3) is 16.9 Å². The summed E-state index contributed by atoms with van der Waals surface area (Å²) in [5, 5.41) is 0.712. The SMILES string of the molecule is COc1cc(-c2nc3ccccn3c2C)ccc1OCc1ccc(Cl)cc1. The van der Waals surface area contributed by atoms with Gasteiger partial charge in [-0.25, -0.2) is 4.98 Å². The first-order valence-electron chi connectivity index (χ1n) is 8.65. The fraction of sp³-hybridized carbons (Fsp3) is 0.136. The average molecular weight is 379 g/mol. The smallest absolute Gasteiger partial charge is 0.161 e. The summed E-state index contributed by atoms with van der Waals surface area (Å²) in [7, 11) is 1.64. The Bertz CT molecular complexity index is 1090. The van der Waals surface area contributed by atoms with E-state index in [1.165, 1.54) is 0 Å². The van der Waals surface area contributed by atoms with Crippen LogP contribution in [0.3, 0.4) is 0 Å². The van der Waals surface area contributed by atoms with Crippen molar-refractivity contribution in [3.63, 3.8) is 0 Å². The average Bonchev–Trinajstić information content (AvgIpc) is 3.04. The van der Waals surface area contributed by atoms with Gasteiger partial charge in [0.1, 0.15) is 12.3 Å². The van der Waals surface area contributed by atoms with Crippen molar-refractivity contribution in [1.82, 2.24) is 9.38 Å². The minimum Gasteiger partial charge on any atom is -0.493 e. The predicted molar refractivity (Wildman–Crippen MR) is 108 cm³/mol. The molecule has 0 N–H and O–H groups in total. The summed E-state index contributed by atoms with van der Waals surface area (Å²) in [4.78, 5) is 4.74. The van der Waals surface area contributed by atoms with Crippen LogP contribution in [0.15, 0.2) is 66.9 Å². The molecule has 0 fully saturated rings. The van der Waals surface area contributed by atoms with Crippen LogP contribution in [-0.2, 0) is 6.61 Å². The zero-order chi connectivity index (χ0) is 18.8. The van der Waals surface area contributed by atoms with Crippen molar-refractivity contribution in [2.45, 2.75) is 13.5 Å². The van der Waals surface area contributed by atoms with Crippen LogP contribution in [-0.4, -0.2) is 16.5 Å². The highest BCUT2D eigenvalue weighted by molar-refractivity contribution is 6.30. The molecule has 0 aliphatic carbocycles. The monoisotopic (exact) mass is 378 g/mol. The van der Waals surface area contributed by atoms with Gasteiger partial charge in [-0.2, -0.15) is 0 Å². The van der Waals surface area contributed by atoms with Crippen molar-refractivity contribution in [1.29, 1.82) is 0 Å². The number of ether oxygens (including phenoxy) is 2. The molecule has 27 heavy (non-hydrogen) atoms. The summed E-state index contributed by atoms with van der Waals surface area (Å²) < 4.78 is 13.6. The number of halogens is 1. The third-order valence-electron chi connectivity index (χ3n) is 4.51. The first-order valence-corrected chi connectivity index (χ1v) is 9.03. The molecule has 0 unspecified atom stereocenters.